The van der Waals surface area contributed by atoms with Crippen LogP contribution in [0.3, 0.4) is 0 Å². The first kappa shape index (κ1) is 20.9. The van der Waals surface area contributed by atoms with Crippen LogP contribution in [0.15, 0.2) is 29.2 Å². The molecule has 146 valence electrons. The first-order valence-electron chi connectivity index (χ1n) is 9.50. The zero-order valence-corrected chi connectivity index (χ0v) is 16.6. The highest BCUT2D eigenvalue weighted by Gasteiger charge is 2.26. The summed E-state index contributed by atoms with van der Waals surface area (Å²) in [5, 5.41) is 2.84. The van der Waals surface area contributed by atoms with E-state index in [0.29, 0.717) is 25.2 Å². The number of rotatable bonds is 7. The van der Waals surface area contributed by atoms with Gasteiger partial charge in [-0.2, -0.15) is 4.31 Å². The number of benzene rings is 1. The van der Waals surface area contributed by atoms with E-state index in [2.05, 4.69) is 5.32 Å². The molecule has 2 rings (SSSR count). The molecule has 1 fully saturated rings. The topological polar surface area (TPSA) is 92.5 Å². The summed E-state index contributed by atoms with van der Waals surface area (Å²) in [5.74, 6) is -0.297. The minimum atomic E-state index is -3.57. The molecule has 1 aliphatic rings. The molecule has 1 heterocycles. The normalized spacial score (nSPS) is 16.9. The van der Waals surface area contributed by atoms with Gasteiger partial charge >= 0.3 is 0 Å². The Morgan fingerprint density at radius 2 is 1.77 bits per heavy atom. The van der Waals surface area contributed by atoms with Crippen LogP contribution in [0.5, 0.6) is 0 Å². The maximum atomic E-state index is 12.9. The maximum absolute atomic E-state index is 12.9. The molecular weight excluding hydrogens is 350 g/mol. The summed E-state index contributed by atoms with van der Waals surface area (Å²) < 4.78 is 27.3. The summed E-state index contributed by atoms with van der Waals surface area (Å²) in [5.41, 5.74) is 6.12. The van der Waals surface area contributed by atoms with Crippen LogP contribution < -0.4 is 11.1 Å². The Bertz CT molecular complexity index is 706. The SMILES string of the molecule is CCC(N)(CC)CNC(=O)c1cccc(S(=O)(=O)N2CCCCCC2)c1. The lowest BCUT2D eigenvalue weighted by atomic mass is 9.94. The number of hydrogen-bond donors (Lipinski definition) is 2. The highest BCUT2D eigenvalue weighted by Crippen LogP contribution is 2.21. The smallest absolute Gasteiger partial charge is 0.251 e. The zero-order valence-electron chi connectivity index (χ0n) is 15.8. The third kappa shape index (κ3) is 5.05. The average Bonchev–Trinajstić information content (AvgIpc) is 2.96. The lowest BCUT2D eigenvalue weighted by molar-refractivity contribution is 0.0942. The van der Waals surface area contributed by atoms with E-state index in [1.807, 2.05) is 13.8 Å². The molecule has 0 spiro atoms. The fourth-order valence-corrected chi connectivity index (χ4v) is 4.65. The molecule has 6 nitrogen and oxygen atoms in total. The van der Waals surface area contributed by atoms with Gasteiger partial charge in [-0.3, -0.25) is 4.79 Å². The van der Waals surface area contributed by atoms with Crippen LogP contribution in [0.1, 0.15) is 62.7 Å². The van der Waals surface area contributed by atoms with Crippen LogP contribution in [-0.2, 0) is 10.0 Å². The van der Waals surface area contributed by atoms with Crippen LogP contribution in [0.4, 0.5) is 0 Å². The third-order valence-corrected chi connectivity index (χ3v) is 7.20. The lowest BCUT2D eigenvalue weighted by Crippen LogP contribution is -2.49. The molecule has 0 atom stereocenters. The van der Waals surface area contributed by atoms with E-state index in [1.165, 1.54) is 10.4 Å². The minimum Gasteiger partial charge on any atom is -0.350 e. The first-order chi connectivity index (χ1) is 12.3. The standard InChI is InChI=1S/C19H31N3O3S/c1-3-19(20,4-2)15-21-18(23)16-10-9-11-17(14-16)26(24,25)22-12-7-5-6-8-13-22/h9-11,14H,3-8,12-13,15,20H2,1-2H3,(H,21,23). The second-order valence-corrected chi connectivity index (χ2v) is 9.04. The van der Waals surface area contributed by atoms with Gasteiger partial charge in [-0.15, -0.1) is 0 Å². The van der Waals surface area contributed by atoms with E-state index in [4.69, 9.17) is 5.73 Å². The summed E-state index contributed by atoms with van der Waals surface area (Å²) in [6.45, 7) is 5.43. The van der Waals surface area contributed by atoms with E-state index in [9.17, 15) is 13.2 Å². The van der Waals surface area contributed by atoms with Crippen molar-refractivity contribution in [3.05, 3.63) is 29.8 Å². The van der Waals surface area contributed by atoms with Gasteiger partial charge in [0.15, 0.2) is 0 Å². The van der Waals surface area contributed by atoms with Crippen molar-refractivity contribution in [1.29, 1.82) is 0 Å². The zero-order chi connectivity index (χ0) is 19.2. The molecule has 1 aliphatic heterocycles. The van der Waals surface area contributed by atoms with Crippen molar-refractivity contribution >= 4 is 15.9 Å². The van der Waals surface area contributed by atoms with Crippen LogP contribution in [0, 0.1) is 0 Å². The molecule has 0 saturated carbocycles. The molecule has 1 aromatic rings. The number of nitrogens with one attached hydrogen (secondary N) is 1. The van der Waals surface area contributed by atoms with Gasteiger partial charge in [-0.05, 0) is 43.9 Å². The molecule has 0 unspecified atom stereocenters. The molecule has 0 aromatic heterocycles. The van der Waals surface area contributed by atoms with Gasteiger partial charge in [0.05, 0.1) is 4.90 Å². The predicted molar refractivity (Wildman–Crippen MR) is 104 cm³/mol. The van der Waals surface area contributed by atoms with Crippen molar-refractivity contribution in [3.8, 4) is 0 Å². The Hall–Kier alpha value is -1.44. The van der Waals surface area contributed by atoms with Crippen LogP contribution in [0.25, 0.3) is 0 Å². The molecule has 1 aromatic carbocycles. The van der Waals surface area contributed by atoms with E-state index in [-0.39, 0.29) is 10.8 Å². The van der Waals surface area contributed by atoms with E-state index in [1.54, 1.807) is 18.2 Å². The van der Waals surface area contributed by atoms with Crippen molar-refractivity contribution in [2.45, 2.75) is 62.8 Å². The average molecular weight is 382 g/mol. The van der Waals surface area contributed by atoms with Crippen LogP contribution in [-0.4, -0.2) is 43.8 Å². The first-order valence-corrected chi connectivity index (χ1v) is 10.9. The molecule has 1 amide bonds. The molecule has 0 bridgehead atoms. The number of carbonyl (C=O) groups excluding carboxylic acids is 1. The Labute approximate surface area is 157 Å². The molecule has 7 heteroatoms. The number of hydrogen-bond acceptors (Lipinski definition) is 4. The summed E-state index contributed by atoms with van der Waals surface area (Å²) in [6, 6.07) is 6.27. The molecule has 3 N–H and O–H groups in total. The van der Waals surface area contributed by atoms with Gasteiger partial charge in [0, 0.05) is 30.7 Å². The summed E-state index contributed by atoms with van der Waals surface area (Å²) >= 11 is 0. The number of carbonyl (C=O) groups is 1. The maximum Gasteiger partial charge on any atom is 0.251 e. The number of amides is 1. The van der Waals surface area contributed by atoms with E-state index >= 15 is 0 Å². The fraction of sp³-hybridized carbons (Fsp3) is 0.632. The molecular formula is C19H31N3O3S. The second-order valence-electron chi connectivity index (χ2n) is 7.10. The van der Waals surface area contributed by atoms with Crippen molar-refractivity contribution < 1.29 is 13.2 Å². The number of nitrogens with two attached hydrogens (primary N) is 1. The monoisotopic (exact) mass is 381 g/mol. The van der Waals surface area contributed by atoms with Gasteiger partial charge in [0.2, 0.25) is 10.0 Å². The highest BCUT2D eigenvalue weighted by molar-refractivity contribution is 7.89. The minimum absolute atomic E-state index is 0.178. The van der Waals surface area contributed by atoms with Gasteiger partial charge in [0.25, 0.3) is 5.91 Å². The van der Waals surface area contributed by atoms with Crippen LogP contribution >= 0.6 is 0 Å². The quantitative estimate of drug-likeness (QED) is 0.759. The van der Waals surface area contributed by atoms with Crippen molar-refractivity contribution in [3.63, 3.8) is 0 Å². The largest absolute Gasteiger partial charge is 0.350 e. The van der Waals surface area contributed by atoms with E-state index < -0.39 is 15.6 Å². The number of sulfonamides is 1. The van der Waals surface area contributed by atoms with Gasteiger partial charge < -0.3 is 11.1 Å². The van der Waals surface area contributed by atoms with Gasteiger partial charge in [0.1, 0.15) is 0 Å². The predicted octanol–water partition coefficient (Wildman–Crippen LogP) is 2.50. The van der Waals surface area contributed by atoms with Crippen molar-refractivity contribution in [2.24, 2.45) is 5.73 Å². The molecule has 0 radical (unpaired) electrons. The Balaban J connectivity index is 2.15. The van der Waals surface area contributed by atoms with Crippen molar-refractivity contribution in [2.75, 3.05) is 19.6 Å². The molecule has 1 saturated heterocycles. The highest BCUT2D eigenvalue weighted by atomic mass is 32.2. The second kappa shape index (κ2) is 8.97. The molecule has 0 aliphatic carbocycles. The summed E-state index contributed by atoms with van der Waals surface area (Å²) in [6.07, 6.45) is 5.40. The summed E-state index contributed by atoms with van der Waals surface area (Å²) in [7, 11) is -3.57. The Kier molecular flexibility index (Phi) is 7.20. The fourth-order valence-electron chi connectivity index (χ4n) is 3.09. The summed E-state index contributed by atoms with van der Waals surface area (Å²) in [4.78, 5) is 12.6. The van der Waals surface area contributed by atoms with E-state index in [0.717, 1.165) is 38.5 Å². The Morgan fingerprint density at radius 3 is 2.35 bits per heavy atom. The third-order valence-electron chi connectivity index (χ3n) is 5.31. The molecule has 26 heavy (non-hydrogen) atoms. The van der Waals surface area contributed by atoms with Gasteiger partial charge in [-0.1, -0.05) is 32.8 Å². The van der Waals surface area contributed by atoms with Crippen molar-refractivity contribution in [1.82, 2.24) is 9.62 Å². The number of nitrogens with zero attached hydrogens (tertiary/aromatic N) is 1. The Morgan fingerprint density at radius 1 is 1.15 bits per heavy atom. The van der Waals surface area contributed by atoms with Gasteiger partial charge in [-0.25, -0.2) is 8.42 Å². The lowest BCUT2D eigenvalue weighted by Gasteiger charge is -2.26. The van der Waals surface area contributed by atoms with Crippen LogP contribution in [0.2, 0.25) is 0 Å².